The third-order valence-electron chi connectivity index (χ3n) is 2.63. The van der Waals surface area contributed by atoms with Crippen molar-refractivity contribution >= 4 is 17.7 Å². The minimum atomic E-state index is 0.0885. The van der Waals surface area contributed by atoms with Crippen molar-refractivity contribution in [3.05, 3.63) is 0 Å². The number of rotatable bonds is 3. The molecule has 1 saturated carbocycles. The van der Waals surface area contributed by atoms with E-state index in [2.05, 4.69) is 12.2 Å². The summed E-state index contributed by atoms with van der Waals surface area (Å²) in [4.78, 5) is 13.9. The summed E-state index contributed by atoms with van der Waals surface area (Å²) < 4.78 is 0. The standard InChI is InChI=1S/C9H16N2OS/c1-2-11(7-3-4-7)9(12)8-5-13-6-10-8/h7-8,10H,2-6H2,1H3. The lowest BCUT2D eigenvalue weighted by Gasteiger charge is -2.23. The maximum Gasteiger partial charge on any atom is 0.240 e. The first-order chi connectivity index (χ1) is 6.33. The van der Waals surface area contributed by atoms with E-state index in [-0.39, 0.29) is 6.04 Å². The van der Waals surface area contributed by atoms with Crippen molar-refractivity contribution in [3.63, 3.8) is 0 Å². The molecule has 2 aliphatic rings. The molecule has 0 radical (unpaired) electrons. The van der Waals surface area contributed by atoms with Crippen molar-refractivity contribution in [2.75, 3.05) is 18.2 Å². The van der Waals surface area contributed by atoms with E-state index in [0.29, 0.717) is 11.9 Å². The summed E-state index contributed by atoms with van der Waals surface area (Å²) in [6.07, 6.45) is 2.42. The van der Waals surface area contributed by atoms with Crippen LogP contribution in [0.3, 0.4) is 0 Å². The summed E-state index contributed by atoms with van der Waals surface area (Å²) in [6.45, 7) is 2.94. The van der Waals surface area contributed by atoms with Gasteiger partial charge in [0.05, 0.1) is 6.04 Å². The van der Waals surface area contributed by atoms with E-state index >= 15 is 0 Å². The summed E-state index contributed by atoms with van der Waals surface area (Å²) >= 11 is 1.81. The van der Waals surface area contributed by atoms with Gasteiger partial charge in [-0.15, -0.1) is 11.8 Å². The molecule has 1 amide bonds. The van der Waals surface area contributed by atoms with Crippen LogP contribution in [0.25, 0.3) is 0 Å². The van der Waals surface area contributed by atoms with Crippen LogP contribution >= 0.6 is 11.8 Å². The SMILES string of the molecule is CCN(C(=O)C1CSCN1)C1CC1. The monoisotopic (exact) mass is 200 g/mol. The van der Waals surface area contributed by atoms with Gasteiger partial charge < -0.3 is 4.90 Å². The third-order valence-corrected chi connectivity index (χ3v) is 3.57. The van der Waals surface area contributed by atoms with Gasteiger partial charge >= 0.3 is 0 Å². The number of carbonyl (C=O) groups is 1. The largest absolute Gasteiger partial charge is 0.339 e. The van der Waals surface area contributed by atoms with Crippen LogP contribution in [-0.2, 0) is 4.79 Å². The smallest absolute Gasteiger partial charge is 0.240 e. The van der Waals surface area contributed by atoms with Crippen LogP contribution in [0.2, 0.25) is 0 Å². The van der Waals surface area contributed by atoms with Gasteiger partial charge in [0.1, 0.15) is 0 Å². The second-order valence-corrected chi connectivity index (χ2v) is 4.66. The topological polar surface area (TPSA) is 32.3 Å². The molecule has 1 unspecified atom stereocenters. The molecule has 3 nitrogen and oxygen atoms in total. The van der Waals surface area contributed by atoms with Gasteiger partial charge in [-0.2, -0.15) is 0 Å². The van der Waals surface area contributed by atoms with Gasteiger partial charge in [-0.05, 0) is 19.8 Å². The van der Waals surface area contributed by atoms with Gasteiger partial charge in [0.25, 0.3) is 0 Å². The Kier molecular flexibility index (Phi) is 2.79. The van der Waals surface area contributed by atoms with Crippen LogP contribution in [0, 0.1) is 0 Å². The molecule has 0 aromatic heterocycles. The van der Waals surface area contributed by atoms with E-state index in [1.54, 1.807) is 0 Å². The summed E-state index contributed by atoms with van der Waals surface area (Å²) in [5.41, 5.74) is 0. The molecule has 0 spiro atoms. The number of nitrogens with zero attached hydrogens (tertiary/aromatic N) is 1. The molecule has 1 atom stereocenters. The Morgan fingerprint density at radius 1 is 1.62 bits per heavy atom. The molecule has 13 heavy (non-hydrogen) atoms. The molecule has 1 heterocycles. The molecule has 1 aliphatic heterocycles. The predicted octanol–water partition coefficient (Wildman–Crippen LogP) is 0.660. The van der Waals surface area contributed by atoms with Crippen LogP contribution in [0.5, 0.6) is 0 Å². The zero-order chi connectivity index (χ0) is 9.26. The highest BCUT2D eigenvalue weighted by atomic mass is 32.2. The van der Waals surface area contributed by atoms with E-state index < -0.39 is 0 Å². The molecule has 1 N–H and O–H groups in total. The lowest BCUT2D eigenvalue weighted by molar-refractivity contribution is -0.133. The Labute approximate surface area is 83.2 Å². The Morgan fingerprint density at radius 2 is 2.38 bits per heavy atom. The molecular weight excluding hydrogens is 184 g/mol. The van der Waals surface area contributed by atoms with Crippen LogP contribution in [0.4, 0.5) is 0 Å². The number of thioether (sulfide) groups is 1. The van der Waals surface area contributed by atoms with Crippen molar-refractivity contribution in [1.29, 1.82) is 0 Å². The fourth-order valence-electron chi connectivity index (χ4n) is 1.73. The van der Waals surface area contributed by atoms with Crippen LogP contribution in [0.15, 0.2) is 0 Å². The van der Waals surface area contributed by atoms with Gasteiger partial charge in [-0.3, -0.25) is 10.1 Å². The number of hydrogen-bond acceptors (Lipinski definition) is 3. The van der Waals surface area contributed by atoms with Crippen molar-refractivity contribution in [2.24, 2.45) is 0 Å². The number of amides is 1. The van der Waals surface area contributed by atoms with E-state index in [0.717, 1.165) is 18.2 Å². The van der Waals surface area contributed by atoms with Crippen LogP contribution in [-0.4, -0.2) is 41.1 Å². The number of carbonyl (C=O) groups excluding carboxylic acids is 1. The van der Waals surface area contributed by atoms with Gasteiger partial charge in [0, 0.05) is 24.2 Å². The fraction of sp³-hybridized carbons (Fsp3) is 0.889. The molecule has 74 valence electrons. The average molecular weight is 200 g/mol. The first-order valence-corrected chi connectivity index (χ1v) is 6.10. The first-order valence-electron chi connectivity index (χ1n) is 4.94. The lowest BCUT2D eigenvalue weighted by atomic mass is 10.3. The van der Waals surface area contributed by atoms with Crippen molar-refractivity contribution in [1.82, 2.24) is 10.2 Å². The summed E-state index contributed by atoms with van der Waals surface area (Å²) in [7, 11) is 0. The Morgan fingerprint density at radius 3 is 2.85 bits per heavy atom. The van der Waals surface area contributed by atoms with Crippen LogP contribution in [0.1, 0.15) is 19.8 Å². The fourth-order valence-corrected chi connectivity index (χ4v) is 2.67. The molecule has 0 aromatic carbocycles. The van der Waals surface area contributed by atoms with Crippen LogP contribution < -0.4 is 5.32 Å². The molecule has 1 saturated heterocycles. The molecule has 1 aliphatic carbocycles. The normalized spacial score (nSPS) is 27.6. The highest BCUT2D eigenvalue weighted by molar-refractivity contribution is 7.99. The molecule has 0 bridgehead atoms. The third kappa shape index (κ3) is 1.99. The molecule has 0 aromatic rings. The van der Waals surface area contributed by atoms with E-state index in [4.69, 9.17) is 0 Å². The van der Waals surface area contributed by atoms with E-state index in [1.165, 1.54) is 12.8 Å². The lowest BCUT2D eigenvalue weighted by Crippen LogP contribution is -2.45. The summed E-state index contributed by atoms with van der Waals surface area (Å²) in [5, 5.41) is 3.23. The molecule has 4 heteroatoms. The second kappa shape index (κ2) is 3.88. The van der Waals surface area contributed by atoms with Gasteiger partial charge in [0.15, 0.2) is 0 Å². The average Bonchev–Trinajstić information content (AvgIpc) is 2.83. The van der Waals surface area contributed by atoms with Gasteiger partial charge in [0.2, 0.25) is 5.91 Å². The maximum atomic E-state index is 11.9. The summed E-state index contributed by atoms with van der Waals surface area (Å²) in [6, 6.07) is 0.649. The van der Waals surface area contributed by atoms with Gasteiger partial charge in [-0.1, -0.05) is 0 Å². The number of nitrogens with one attached hydrogen (secondary N) is 1. The zero-order valence-corrected chi connectivity index (χ0v) is 8.77. The zero-order valence-electron chi connectivity index (χ0n) is 7.95. The van der Waals surface area contributed by atoms with E-state index in [9.17, 15) is 4.79 Å². The number of likely N-dealkylation sites (N-methyl/N-ethyl adjacent to an activating group) is 1. The van der Waals surface area contributed by atoms with Crippen molar-refractivity contribution in [2.45, 2.75) is 31.8 Å². The first kappa shape index (κ1) is 9.34. The van der Waals surface area contributed by atoms with Crippen molar-refractivity contribution < 1.29 is 4.79 Å². The Hall–Kier alpha value is -0.220. The molecular formula is C9H16N2OS. The highest BCUT2D eigenvalue weighted by Crippen LogP contribution is 2.27. The highest BCUT2D eigenvalue weighted by Gasteiger charge is 2.35. The minimum Gasteiger partial charge on any atom is -0.339 e. The minimum absolute atomic E-state index is 0.0885. The predicted molar refractivity (Wildman–Crippen MR) is 54.7 cm³/mol. The second-order valence-electron chi connectivity index (χ2n) is 3.63. The number of hydrogen-bond donors (Lipinski definition) is 1. The summed E-state index contributed by atoms with van der Waals surface area (Å²) in [5.74, 6) is 2.19. The van der Waals surface area contributed by atoms with Crippen molar-refractivity contribution in [3.8, 4) is 0 Å². The van der Waals surface area contributed by atoms with Gasteiger partial charge in [-0.25, -0.2) is 0 Å². The maximum absolute atomic E-state index is 11.9. The van der Waals surface area contributed by atoms with E-state index in [1.807, 2.05) is 16.7 Å². The Bertz CT molecular complexity index is 200. The quantitative estimate of drug-likeness (QED) is 0.726. The molecule has 2 rings (SSSR count). The Balaban J connectivity index is 1.92. The molecule has 2 fully saturated rings.